The summed E-state index contributed by atoms with van der Waals surface area (Å²) in [6.45, 7) is 2.03. The summed E-state index contributed by atoms with van der Waals surface area (Å²) in [6, 6.07) is 24.1. The number of methoxy groups -OCH3 is 1. The van der Waals surface area contributed by atoms with Crippen molar-refractivity contribution in [1.82, 2.24) is 0 Å². The van der Waals surface area contributed by atoms with E-state index in [0.717, 1.165) is 11.1 Å². The highest BCUT2D eigenvalue weighted by Crippen LogP contribution is 2.29. The first-order valence-corrected chi connectivity index (χ1v) is 10.9. The molecule has 0 aliphatic carbocycles. The predicted octanol–water partition coefficient (Wildman–Crippen LogP) is 6.24. The number of hydrogen-bond donors (Lipinski definition) is 2. The zero-order valence-electron chi connectivity index (χ0n) is 17.7. The molecule has 4 rings (SSSR count). The van der Waals surface area contributed by atoms with Gasteiger partial charge in [-0.1, -0.05) is 42.0 Å². The molecule has 2 N–H and O–H groups in total. The van der Waals surface area contributed by atoms with Crippen LogP contribution in [0.3, 0.4) is 0 Å². The van der Waals surface area contributed by atoms with Crippen LogP contribution in [0.4, 0.5) is 11.4 Å². The van der Waals surface area contributed by atoms with Crippen molar-refractivity contribution in [3.63, 3.8) is 0 Å². The molecule has 5 nitrogen and oxygen atoms in total. The molecule has 0 aliphatic rings. The van der Waals surface area contributed by atoms with Crippen LogP contribution in [0.15, 0.2) is 84.2 Å². The van der Waals surface area contributed by atoms with Crippen LogP contribution in [0.1, 0.15) is 25.6 Å². The van der Waals surface area contributed by atoms with Crippen LogP contribution in [0.2, 0.25) is 0 Å². The Morgan fingerprint density at radius 2 is 1.53 bits per heavy atom. The van der Waals surface area contributed by atoms with E-state index >= 15 is 0 Å². The van der Waals surface area contributed by atoms with E-state index in [2.05, 4.69) is 10.6 Å². The van der Waals surface area contributed by atoms with Crippen molar-refractivity contribution in [3.8, 4) is 16.9 Å². The second-order valence-corrected chi connectivity index (χ2v) is 8.13. The Labute approximate surface area is 190 Å². The largest absolute Gasteiger partial charge is 0.495 e. The van der Waals surface area contributed by atoms with Gasteiger partial charge < -0.3 is 15.4 Å². The molecule has 1 aromatic heterocycles. The maximum absolute atomic E-state index is 12.9. The summed E-state index contributed by atoms with van der Waals surface area (Å²) in [7, 11) is 1.56. The smallest absolute Gasteiger partial charge is 0.266 e. The second-order valence-electron chi connectivity index (χ2n) is 7.22. The molecule has 0 aliphatic heterocycles. The van der Waals surface area contributed by atoms with Crippen molar-refractivity contribution in [1.29, 1.82) is 0 Å². The zero-order chi connectivity index (χ0) is 22.5. The summed E-state index contributed by atoms with van der Waals surface area (Å²) >= 11 is 1.40. The van der Waals surface area contributed by atoms with Gasteiger partial charge in [0, 0.05) is 16.8 Å². The number of amides is 2. The lowest BCUT2D eigenvalue weighted by Crippen LogP contribution is -2.14. The highest BCUT2D eigenvalue weighted by Gasteiger charge is 2.15. The molecule has 2 amide bonds. The number of carbonyl (C=O) groups excluding carboxylic acids is 2. The van der Waals surface area contributed by atoms with E-state index in [0.29, 0.717) is 27.6 Å². The average Bonchev–Trinajstić information content (AvgIpc) is 3.30. The molecule has 3 aromatic carbocycles. The molecule has 0 radical (unpaired) electrons. The Hall–Kier alpha value is -3.90. The summed E-state index contributed by atoms with van der Waals surface area (Å²) in [4.78, 5) is 26.1. The van der Waals surface area contributed by atoms with Gasteiger partial charge in [-0.3, -0.25) is 9.59 Å². The van der Waals surface area contributed by atoms with Crippen LogP contribution < -0.4 is 15.4 Å². The van der Waals surface area contributed by atoms with Crippen molar-refractivity contribution in [3.05, 3.63) is 100 Å². The summed E-state index contributed by atoms with van der Waals surface area (Å²) < 4.78 is 5.27. The molecule has 0 saturated carbocycles. The van der Waals surface area contributed by atoms with Gasteiger partial charge in [0.2, 0.25) is 0 Å². The minimum Gasteiger partial charge on any atom is -0.495 e. The average molecular weight is 443 g/mol. The quantitative estimate of drug-likeness (QED) is 0.372. The first kappa shape index (κ1) is 21.3. The monoisotopic (exact) mass is 442 g/mol. The van der Waals surface area contributed by atoms with Crippen LogP contribution in [0.25, 0.3) is 11.1 Å². The van der Waals surface area contributed by atoms with Crippen LogP contribution in [-0.2, 0) is 0 Å². The Morgan fingerprint density at radius 1 is 0.812 bits per heavy atom. The van der Waals surface area contributed by atoms with Gasteiger partial charge in [-0.15, -0.1) is 11.3 Å². The molecule has 160 valence electrons. The van der Waals surface area contributed by atoms with Gasteiger partial charge in [0.1, 0.15) is 5.75 Å². The Morgan fingerprint density at radius 3 is 2.25 bits per heavy atom. The maximum Gasteiger partial charge on any atom is 0.266 e. The zero-order valence-corrected chi connectivity index (χ0v) is 18.5. The number of anilines is 2. The second kappa shape index (κ2) is 9.49. The van der Waals surface area contributed by atoms with Crippen molar-refractivity contribution in [2.45, 2.75) is 6.92 Å². The van der Waals surface area contributed by atoms with Crippen molar-refractivity contribution in [2.24, 2.45) is 0 Å². The minimum absolute atomic E-state index is 0.179. The Kier molecular flexibility index (Phi) is 6.33. The van der Waals surface area contributed by atoms with Gasteiger partial charge in [0.05, 0.1) is 17.7 Å². The first-order valence-electron chi connectivity index (χ1n) is 10.1. The highest BCUT2D eigenvalue weighted by molar-refractivity contribution is 7.12. The topological polar surface area (TPSA) is 67.4 Å². The summed E-state index contributed by atoms with van der Waals surface area (Å²) in [6.07, 6.45) is 0. The number of thiophene rings is 1. The predicted molar refractivity (Wildman–Crippen MR) is 130 cm³/mol. The van der Waals surface area contributed by atoms with E-state index in [4.69, 9.17) is 4.74 Å². The van der Waals surface area contributed by atoms with E-state index in [1.54, 1.807) is 43.5 Å². The fraction of sp³-hybridized carbons (Fsp3) is 0.0769. The van der Waals surface area contributed by atoms with E-state index < -0.39 is 0 Å². The highest BCUT2D eigenvalue weighted by atomic mass is 32.1. The number of aryl methyl sites for hydroxylation is 1. The molecule has 0 atom stereocenters. The van der Waals surface area contributed by atoms with E-state index in [9.17, 15) is 9.59 Å². The molecule has 1 heterocycles. The molecule has 6 heteroatoms. The normalized spacial score (nSPS) is 10.4. The summed E-state index contributed by atoms with van der Waals surface area (Å²) in [5, 5.41) is 7.67. The third-order valence-corrected chi connectivity index (χ3v) is 5.91. The van der Waals surface area contributed by atoms with Gasteiger partial charge in [0.25, 0.3) is 11.8 Å². The molecule has 0 spiro atoms. The molecule has 4 aromatic rings. The van der Waals surface area contributed by atoms with Crippen molar-refractivity contribution < 1.29 is 14.3 Å². The molecular weight excluding hydrogens is 420 g/mol. The first-order chi connectivity index (χ1) is 15.5. The Balaban J connectivity index is 1.45. The van der Waals surface area contributed by atoms with Crippen LogP contribution in [0.5, 0.6) is 5.75 Å². The van der Waals surface area contributed by atoms with E-state index in [-0.39, 0.29) is 11.8 Å². The summed E-state index contributed by atoms with van der Waals surface area (Å²) in [5.74, 6) is 0.152. The molecule has 32 heavy (non-hydrogen) atoms. The number of para-hydroxylation sites is 2. The third kappa shape index (κ3) is 4.71. The number of nitrogens with one attached hydrogen (secondary N) is 2. The lowest BCUT2D eigenvalue weighted by atomic mass is 10.0. The van der Waals surface area contributed by atoms with Gasteiger partial charge in [-0.25, -0.2) is 0 Å². The standard InChI is InChI=1S/C26H22N2O3S/c1-17-7-9-18(10-8-17)21-15-16-32-24(21)26(30)27-20-13-11-19(12-14-20)25(29)28-22-5-3-4-6-23(22)31-2/h3-16H,1-2H3,(H,27,30)(H,28,29). The third-order valence-electron chi connectivity index (χ3n) is 4.99. The Bertz CT molecular complexity index is 1240. The maximum atomic E-state index is 12.9. The number of ether oxygens (including phenoxy) is 1. The lowest BCUT2D eigenvalue weighted by molar-refractivity contribution is 0.102. The number of rotatable bonds is 6. The lowest BCUT2D eigenvalue weighted by Gasteiger charge is -2.10. The molecular formula is C26H22N2O3S. The van der Waals surface area contributed by atoms with Crippen LogP contribution in [0, 0.1) is 6.92 Å². The molecule has 0 saturated heterocycles. The van der Waals surface area contributed by atoms with Crippen LogP contribution >= 0.6 is 11.3 Å². The van der Waals surface area contributed by atoms with Gasteiger partial charge in [-0.2, -0.15) is 0 Å². The van der Waals surface area contributed by atoms with Crippen molar-refractivity contribution in [2.75, 3.05) is 17.7 Å². The molecule has 0 unspecified atom stereocenters. The fourth-order valence-electron chi connectivity index (χ4n) is 3.28. The van der Waals surface area contributed by atoms with E-state index in [1.165, 1.54) is 16.9 Å². The molecule has 0 fully saturated rings. The van der Waals surface area contributed by atoms with Gasteiger partial charge >= 0.3 is 0 Å². The number of carbonyl (C=O) groups is 2. The van der Waals surface area contributed by atoms with E-state index in [1.807, 2.05) is 54.8 Å². The van der Waals surface area contributed by atoms with Gasteiger partial charge in [0.15, 0.2) is 0 Å². The number of benzene rings is 3. The minimum atomic E-state index is -0.257. The fourth-order valence-corrected chi connectivity index (χ4v) is 4.09. The van der Waals surface area contributed by atoms with Crippen LogP contribution in [-0.4, -0.2) is 18.9 Å². The van der Waals surface area contributed by atoms with Crippen molar-refractivity contribution >= 4 is 34.5 Å². The molecule has 0 bridgehead atoms. The summed E-state index contributed by atoms with van der Waals surface area (Å²) in [5.41, 5.74) is 4.77. The SMILES string of the molecule is COc1ccccc1NC(=O)c1ccc(NC(=O)c2sccc2-c2ccc(C)cc2)cc1. The number of hydrogen-bond acceptors (Lipinski definition) is 4. The van der Waals surface area contributed by atoms with Gasteiger partial charge in [-0.05, 0) is 60.3 Å².